The molecule has 0 aliphatic heterocycles. The molecule has 3 aromatic rings. The fourth-order valence-corrected chi connectivity index (χ4v) is 2.91. The lowest BCUT2D eigenvalue weighted by molar-refractivity contribution is -0.142. The van der Waals surface area contributed by atoms with Crippen LogP contribution < -0.4 is 5.32 Å². The van der Waals surface area contributed by atoms with Gasteiger partial charge in [0.1, 0.15) is 11.9 Å². The molecule has 0 saturated carbocycles. The van der Waals surface area contributed by atoms with Gasteiger partial charge in [0.25, 0.3) is 5.91 Å². The maximum absolute atomic E-state index is 13.9. The van der Waals surface area contributed by atoms with Crippen molar-refractivity contribution in [2.75, 3.05) is 7.11 Å². The van der Waals surface area contributed by atoms with E-state index < -0.39 is 23.7 Å². The lowest BCUT2D eigenvalue weighted by atomic mass is 10.0. The Labute approximate surface area is 163 Å². The molecule has 1 amide bonds. The van der Waals surface area contributed by atoms with Crippen molar-refractivity contribution in [3.8, 4) is 11.1 Å². The van der Waals surface area contributed by atoms with E-state index in [0.717, 1.165) is 11.1 Å². The first-order valence-corrected chi connectivity index (χ1v) is 8.86. The number of halogens is 1. The molecule has 0 aliphatic rings. The normalized spacial score (nSPS) is 11.5. The van der Waals surface area contributed by atoms with Gasteiger partial charge in [-0.05, 0) is 34.9 Å². The number of carbonyl (C=O) groups is 2. The highest BCUT2D eigenvalue weighted by Gasteiger charge is 2.23. The van der Waals surface area contributed by atoms with Gasteiger partial charge in [0.2, 0.25) is 0 Å². The van der Waals surface area contributed by atoms with Gasteiger partial charge in [-0.2, -0.15) is 0 Å². The fraction of sp³-hybridized carbons (Fsp3) is 0.130. The van der Waals surface area contributed by atoms with Crippen LogP contribution in [-0.2, 0) is 16.0 Å². The second-order valence-electron chi connectivity index (χ2n) is 6.29. The number of benzene rings is 3. The molecule has 5 heteroatoms. The van der Waals surface area contributed by atoms with Crippen LogP contribution in [0.1, 0.15) is 15.9 Å². The lowest BCUT2D eigenvalue weighted by Crippen LogP contribution is -2.43. The summed E-state index contributed by atoms with van der Waals surface area (Å²) in [4.78, 5) is 24.7. The molecule has 0 aliphatic carbocycles. The zero-order chi connectivity index (χ0) is 19.9. The van der Waals surface area contributed by atoms with Crippen molar-refractivity contribution in [1.82, 2.24) is 5.32 Å². The van der Waals surface area contributed by atoms with E-state index in [9.17, 15) is 14.0 Å². The summed E-state index contributed by atoms with van der Waals surface area (Å²) in [6, 6.07) is 22.0. The number of ether oxygens (including phenoxy) is 1. The first-order chi connectivity index (χ1) is 13.6. The monoisotopic (exact) mass is 377 g/mol. The van der Waals surface area contributed by atoms with Crippen LogP contribution >= 0.6 is 0 Å². The molecule has 1 atom stereocenters. The molecule has 142 valence electrons. The van der Waals surface area contributed by atoms with Gasteiger partial charge in [0, 0.05) is 12.0 Å². The zero-order valence-electron chi connectivity index (χ0n) is 15.4. The number of amides is 1. The second-order valence-corrected chi connectivity index (χ2v) is 6.29. The molecule has 3 aromatic carbocycles. The summed E-state index contributed by atoms with van der Waals surface area (Å²) in [5, 5.41) is 2.64. The summed E-state index contributed by atoms with van der Waals surface area (Å²) < 4.78 is 18.7. The van der Waals surface area contributed by atoms with E-state index >= 15 is 0 Å². The highest BCUT2D eigenvalue weighted by molar-refractivity contribution is 5.97. The number of nitrogens with one attached hydrogen (secondary N) is 1. The number of rotatable bonds is 6. The van der Waals surface area contributed by atoms with E-state index in [0.29, 0.717) is 11.1 Å². The van der Waals surface area contributed by atoms with E-state index in [1.54, 1.807) is 30.3 Å². The predicted molar refractivity (Wildman–Crippen MR) is 105 cm³/mol. The van der Waals surface area contributed by atoms with Gasteiger partial charge in [-0.1, -0.05) is 60.7 Å². The molecule has 0 bridgehead atoms. The van der Waals surface area contributed by atoms with Crippen LogP contribution in [0.4, 0.5) is 4.39 Å². The Morgan fingerprint density at radius 2 is 1.50 bits per heavy atom. The Morgan fingerprint density at radius 3 is 2.14 bits per heavy atom. The number of esters is 1. The molecule has 0 fully saturated rings. The van der Waals surface area contributed by atoms with Crippen molar-refractivity contribution in [2.24, 2.45) is 0 Å². The van der Waals surface area contributed by atoms with Crippen LogP contribution in [0.5, 0.6) is 0 Å². The average Bonchev–Trinajstić information content (AvgIpc) is 2.75. The molecular formula is C23H20FNO3. The SMILES string of the molecule is COC(=O)[C@H](Cc1ccccc1F)NC(=O)c1ccc(-c2ccccc2)cc1. The van der Waals surface area contributed by atoms with Gasteiger partial charge in [-0.25, -0.2) is 9.18 Å². The van der Waals surface area contributed by atoms with Gasteiger partial charge < -0.3 is 10.1 Å². The summed E-state index contributed by atoms with van der Waals surface area (Å²) in [6.07, 6.45) is 0.00713. The van der Waals surface area contributed by atoms with Crippen LogP contribution in [0.3, 0.4) is 0 Å². The van der Waals surface area contributed by atoms with Crippen LogP contribution in [0.25, 0.3) is 11.1 Å². The smallest absolute Gasteiger partial charge is 0.328 e. The van der Waals surface area contributed by atoms with Gasteiger partial charge in [0.15, 0.2) is 0 Å². The van der Waals surface area contributed by atoms with Crippen LogP contribution in [0.2, 0.25) is 0 Å². The topological polar surface area (TPSA) is 55.4 Å². The minimum Gasteiger partial charge on any atom is -0.467 e. The minimum absolute atomic E-state index is 0.00713. The summed E-state index contributed by atoms with van der Waals surface area (Å²) in [5.41, 5.74) is 2.76. The third kappa shape index (κ3) is 4.62. The standard InChI is InChI=1S/C23H20FNO3/c1-28-23(27)21(15-19-9-5-6-10-20(19)24)25-22(26)18-13-11-17(12-14-18)16-7-3-2-4-8-16/h2-14,21H,15H2,1H3,(H,25,26)/t21-/m0/s1. The molecule has 3 rings (SSSR count). The summed E-state index contributed by atoms with van der Waals surface area (Å²) in [5.74, 6) is -1.48. The van der Waals surface area contributed by atoms with Crippen molar-refractivity contribution < 1.29 is 18.7 Å². The Morgan fingerprint density at radius 1 is 0.893 bits per heavy atom. The van der Waals surface area contributed by atoms with Gasteiger partial charge in [-0.15, -0.1) is 0 Å². The third-order valence-electron chi connectivity index (χ3n) is 4.43. The van der Waals surface area contributed by atoms with Gasteiger partial charge in [0.05, 0.1) is 7.11 Å². The lowest BCUT2D eigenvalue weighted by Gasteiger charge is -2.17. The Balaban J connectivity index is 1.74. The van der Waals surface area contributed by atoms with E-state index in [1.165, 1.54) is 13.2 Å². The molecule has 0 radical (unpaired) electrons. The van der Waals surface area contributed by atoms with E-state index in [4.69, 9.17) is 4.74 Å². The molecule has 0 saturated heterocycles. The maximum atomic E-state index is 13.9. The first-order valence-electron chi connectivity index (χ1n) is 8.86. The van der Waals surface area contributed by atoms with E-state index in [1.807, 2.05) is 42.5 Å². The minimum atomic E-state index is -0.983. The third-order valence-corrected chi connectivity index (χ3v) is 4.43. The van der Waals surface area contributed by atoms with Crippen LogP contribution in [0, 0.1) is 5.82 Å². The van der Waals surface area contributed by atoms with E-state index in [-0.39, 0.29) is 6.42 Å². The summed E-state index contributed by atoms with van der Waals surface area (Å²) in [6.45, 7) is 0. The molecule has 0 aromatic heterocycles. The molecule has 0 spiro atoms. The Kier molecular flexibility index (Phi) is 6.17. The largest absolute Gasteiger partial charge is 0.467 e. The van der Waals surface area contributed by atoms with Crippen molar-refractivity contribution in [1.29, 1.82) is 0 Å². The first kappa shape index (κ1) is 19.3. The van der Waals surface area contributed by atoms with E-state index in [2.05, 4.69) is 5.32 Å². The zero-order valence-corrected chi connectivity index (χ0v) is 15.4. The van der Waals surface area contributed by atoms with Crippen molar-refractivity contribution in [3.05, 3.63) is 95.8 Å². The molecule has 0 unspecified atom stereocenters. The number of hydrogen-bond donors (Lipinski definition) is 1. The average molecular weight is 377 g/mol. The van der Waals surface area contributed by atoms with Crippen LogP contribution in [-0.4, -0.2) is 25.0 Å². The fourth-order valence-electron chi connectivity index (χ4n) is 2.91. The van der Waals surface area contributed by atoms with Crippen molar-refractivity contribution >= 4 is 11.9 Å². The molecule has 4 nitrogen and oxygen atoms in total. The quantitative estimate of drug-likeness (QED) is 0.661. The molecule has 28 heavy (non-hydrogen) atoms. The summed E-state index contributed by atoms with van der Waals surface area (Å²) >= 11 is 0. The Bertz CT molecular complexity index is 955. The second kappa shape index (κ2) is 8.95. The summed E-state index contributed by atoms with van der Waals surface area (Å²) in [7, 11) is 1.23. The number of hydrogen-bond acceptors (Lipinski definition) is 3. The molecule has 0 heterocycles. The van der Waals surface area contributed by atoms with Crippen LogP contribution in [0.15, 0.2) is 78.9 Å². The van der Waals surface area contributed by atoms with Crippen molar-refractivity contribution in [3.63, 3.8) is 0 Å². The highest BCUT2D eigenvalue weighted by atomic mass is 19.1. The van der Waals surface area contributed by atoms with Crippen molar-refractivity contribution in [2.45, 2.75) is 12.5 Å². The number of methoxy groups -OCH3 is 1. The predicted octanol–water partition coefficient (Wildman–Crippen LogP) is 4.01. The Hall–Kier alpha value is -3.47. The molecule has 1 N–H and O–H groups in total. The van der Waals surface area contributed by atoms with Gasteiger partial charge in [-0.3, -0.25) is 4.79 Å². The molecular weight excluding hydrogens is 357 g/mol. The highest BCUT2D eigenvalue weighted by Crippen LogP contribution is 2.19. The maximum Gasteiger partial charge on any atom is 0.328 e. The van der Waals surface area contributed by atoms with Gasteiger partial charge >= 0.3 is 5.97 Å². The number of carbonyl (C=O) groups excluding carboxylic acids is 2.